The molecule has 0 radical (unpaired) electrons. The maximum absolute atomic E-state index is 13.1. The topological polar surface area (TPSA) is 108 Å². The molecule has 2 amide bonds. The van der Waals surface area contributed by atoms with Gasteiger partial charge in [-0.15, -0.1) is 0 Å². The minimum Gasteiger partial charge on any atom is -0.481 e. The summed E-state index contributed by atoms with van der Waals surface area (Å²) in [4.78, 5) is 38.6. The molecule has 0 aliphatic carbocycles. The fraction of sp³-hybridized carbons (Fsp3) is 0.400. The summed E-state index contributed by atoms with van der Waals surface area (Å²) in [5, 5.41) is 15.0. The van der Waals surface area contributed by atoms with Crippen LogP contribution in [0.3, 0.4) is 0 Å². The minimum absolute atomic E-state index is 0.0995. The molecule has 1 saturated heterocycles. The van der Waals surface area contributed by atoms with Crippen LogP contribution in [0.1, 0.15) is 54.7 Å². The van der Waals surface area contributed by atoms with Gasteiger partial charge in [-0.05, 0) is 44.5 Å². The van der Waals surface area contributed by atoms with Gasteiger partial charge in [-0.3, -0.25) is 14.4 Å². The highest BCUT2D eigenvalue weighted by molar-refractivity contribution is 5.99. The first-order chi connectivity index (χ1) is 15.7. The van der Waals surface area contributed by atoms with E-state index in [0.29, 0.717) is 30.0 Å². The summed E-state index contributed by atoms with van der Waals surface area (Å²) in [6, 6.07) is 12.0. The predicted molar refractivity (Wildman–Crippen MR) is 127 cm³/mol. The summed E-state index contributed by atoms with van der Waals surface area (Å²) in [5.74, 6) is -1.67. The van der Waals surface area contributed by atoms with Gasteiger partial charge in [0, 0.05) is 24.6 Å². The van der Waals surface area contributed by atoms with Crippen LogP contribution in [0.25, 0.3) is 0 Å². The number of nitrogens with one attached hydrogen (secondary N) is 2. The predicted octanol–water partition coefficient (Wildman–Crippen LogP) is 3.51. The Hall–Kier alpha value is -3.39. The van der Waals surface area contributed by atoms with Crippen molar-refractivity contribution in [2.24, 2.45) is 0 Å². The van der Waals surface area contributed by atoms with Crippen LogP contribution in [0.15, 0.2) is 42.5 Å². The first-order valence-electron chi connectivity index (χ1n) is 11.0. The van der Waals surface area contributed by atoms with E-state index in [4.69, 9.17) is 4.74 Å². The normalized spacial score (nSPS) is 19.0. The molecule has 3 N–H and O–H groups in total. The lowest BCUT2D eigenvalue weighted by Crippen LogP contribution is -2.50. The van der Waals surface area contributed by atoms with E-state index >= 15 is 0 Å². The largest absolute Gasteiger partial charge is 0.481 e. The second-order valence-corrected chi connectivity index (χ2v) is 8.59. The molecule has 33 heavy (non-hydrogen) atoms. The number of morpholine rings is 1. The van der Waals surface area contributed by atoms with E-state index < -0.39 is 17.9 Å². The highest BCUT2D eigenvalue weighted by Gasteiger charge is 2.28. The molecule has 0 aromatic heterocycles. The SMILES string of the molecule is CC(=O)Nc1cc(C(=O)NC(CC(=O)O)c2ccc(C)cc2)ccc1N1C(C)COCC1C. The maximum atomic E-state index is 13.1. The number of aryl methyl sites for hydroxylation is 1. The van der Waals surface area contributed by atoms with Crippen molar-refractivity contribution in [3.8, 4) is 0 Å². The van der Waals surface area contributed by atoms with Crippen LogP contribution in [0.5, 0.6) is 0 Å². The number of carbonyl (C=O) groups is 3. The molecule has 2 aromatic carbocycles. The number of anilines is 2. The quantitative estimate of drug-likeness (QED) is 0.592. The number of rotatable bonds is 7. The Balaban J connectivity index is 1.90. The minimum atomic E-state index is -1.01. The Morgan fingerprint density at radius 1 is 1.09 bits per heavy atom. The lowest BCUT2D eigenvalue weighted by Gasteiger charge is -2.41. The zero-order valence-electron chi connectivity index (χ0n) is 19.4. The fourth-order valence-corrected chi connectivity index (χ4v) is 4.14. The Morgan fingerprint density at radius 2 is 1.73 bits per heavy atom. The summed E-state index contributed by atoms with van der Waals surface area (Å²) in [7, 11) is 0. The Morgan fingerprint density at radius 3 is 2.30 bits per heavy atom. The van der Waals surface area contributed by atoms with E-state index in [1.165, 1.54) is 6.92 Å². The average molecular weight is 454 g/mol. The number of ether oxygens (including phenoxy) is 1. The number of nitrogens with zero attached hydrogens (tertiary/aromatic N) is 1. The van der Waals surface area contributed by atoms with Crippen molar-refractivity contribution in [3.05, 3.63) is 59.2 Å². The van der Waals surface area contributed by atoms with E-state index in [1.807, 2.05) is 51.1 Å². The molecule has 3 unspecified atom stereocenters. The number of benzene rings is 2. The first-order valence-corrected chi connectivity index (χ1v) is 11.0. The number of aliphatic carboxylic acids is 1. The molecule has 176 valence electrons. The lowest BCUT2D eigenvalue weighted by molar-refractivity contribution is -0.137. The number of hydrogen-bond acceptors (Lipinski definition) is 5. The number of carbonyl (C=O) groups excluding carboxylic acids is 2. The van der Waals surface area contributed by atoms with E-state index in [2.05, 4.69) is 15.5 Å². The van der Waals surface area contributed by atoms with Crippen molar-refractivity contribution in [1.82, 2.24) is 5.32 Å². The van der Waals surface area contributed by atoms with Gasteiger partial charge in [0.25, 0.3) is 5.91 Å². The van der Waals surface area contributed by atoms with Crippen molar-refractivity contribution in [2.45, 2.75) is 52.2 Å². The number of carboxylic acids is 1. The molecule has 8 nitrogen and oxygen atoms in total. The van der Waals surface area contributed by atoms with Crippen LogP contribution in [0, 0.1) is 6.92 Å². The van der Waals surface area contributed by atoms with Crippen molar-refractivity contribution in [2.75, 3.05) is 23.4 Å². The lowest BCUT2D eigenvalue weighted by atomic mass is 10.0. The van der Waals surface area contributed by atoms with Crippen LogP contribution in [0.4, 0.5) is 11.4 Å². The molecule has 1 aliphatic heterocycles. The molecule has 3 rings (SSSR count). The molecule has 1 heterocycles. The smallest absolute Gasteiger partial charge is 0.305 e. The molecule has 0 bridgehead atoms. The number of amides is 2. The molecule has 1 aliphatic rings. The fourth-order valence-electron chi connectivity index (χ4n) is 4.14. The van der Waals surface area contributed by atoms with Gasteiger partial charge in [0.2, 0.25) is 5.91 Å². The van der Waals surface area contributed by atoms with Gasteiger partial charge in [-0.25, -0.2) is 0 Å². The van der Waals surface area contributed by atoms with Gasteiger partial charge in [0.15, 0.2) is 0 Å². The first kappa shape index (κ1) is 24.3. The molecule has 8 heteroatoms. The van der Waals surface area contributed by atoms with Crippen LogP contribution < -0.4 is 15.5 Å². The summed E-state index contributed by atoms with van der Waals surface area (Å²) in [6.45, 7) is 8.59. The number of carboxylic acid groups (broad SMARTS) is 1. The average Bonchev–Trinajstić information content (AvgIpc) is 2.74. The van der Waals surface area contributed by atoms with Gasteiger partial charge in [-0.1, -0.05) is 29.8 Å². The zero-order chi connectivity index (χ0) is 24.1. The third-order valence-electron chi connectivity index (χ3n) is 5.68. The standard InChI is InChI=1S/C25H31N3O5/c1-15-5-7-19(8-6-15)21(12-24(30)31)27-25(32)20-9-10-23(22(11-20)26-18(4)29)28-16(2)13-33-14-17(28)3/h5-11,16-17,21H,12-14H2,1-4H3,(H,26,29)(H,27,32)(H,30,31). The second kappa shape index (κ2) is 10.5. The third-order valence-corrected chi connectivity index (χ3v) is 5.68. The Kier molecular flexibility index (Phi) is 7.71. The van der Waals surface area contributed by atoms with Crippen LogP contribution >= 0.6 is 0 Å². The monoisotopic (exact) mass is 453 g/mol. The van der Waals surface area contributed by atoms with Crippen LogP contribution in [-0.2, 0) is 14.3 Å². The van der Waals surface area contributed by atoms with Gasteiger partial charge < -0.3 is 25.4 Å². The van der Waals surface area contributed by atoms with Crippen LogP contribution in [-0.4, -0.2) is 48.2 Å². The summed E-state index contributed by atoms with van der Waals surface area (Å²) in [5.41, 5.74) is 3.43. The summed E-state index contributed by atoms with van der Waals surface area (Å²) >= 11 is 0. The van der Waals surface area contributed by atoms with Crippen molar-refractivity contribution >= 4 is 29.2 Å². The van der Waals surface area contributed by atoms with Gasteiger partial charge in [-0.2, -0.15) is 0 Å². The highest BCUT2D eigenvalue weighted by Crippen LogP contribution is 2.32. The van der Waals surface area contributed by atoms with E-state index in [0.717, 1.165) is 11.3 Å². The number of hydrogen-bond donors (Lipinski definition) is 3. The van der Waals surface area contributed by atoms with Crippen molar-refractivity contribution in [1.29, 1.82) is 0 Å². The summed E-state index contributed by atoms with van der Waals surface area (Å²) < 4.78 is 5.61. The van der Waals surface area contributed by atoms with Crippen molar-refractivity contribution in [3.63, 3.8) is 0 Å². The summed E-state index contributed by atoms with van der Waals surface area (Å²) in [6.07, 6.45) is -0.242. The van der Waals surface area contributed by atoms with Crippen molar-refractivity contribution < 1.29 is 24.2 Å². The molecule has 1 fully saturated rings. The molecular weight excluding hydrogens is 422 g/mol. The Labute approximate surface area is 193 Å². The molecule has 0 spiro atoms. The maximum Gasteiger partial charge on any atom is 0.305 e. The molecule has 2 aromatic rings. The van der Waals surface area contributed by atoms with Crippen LogP contribution in [0.2, 0.25) is 0 Å². The zero-order valence-corrected chi connectivity index (χ0v) is 19.4. The third kappa shape index (κ3) is 6.10. The van der Waals surface area contributed by atoms with Gasteiger partial charge in [0.1, 0.15) is 0 Å². The molecule has 0 saturated carbocycles. The Bertz CT molecular complexity index is 1010. The van der Waals surface area contributed by atoms with Gasteiger partial charge in [0.05, 0.1) is 37.1 Å². The highest BCUT2D eigenvalue weighted by atomic mass is 16.5. The molecular formula is C25H31N3O5. The van der Waals surface area contributed by atoms with Gasteiger partial charge >= 0.3 is 5.97 Å². The van der Waals surface area contributed by atoms with E-state index in [1.54, 1.807) is 12.1 Å². The van der Waals surface area contributed by atoms with E-state index in [9.17, 15) is 19.5 Å². The molecule has 3 atom stereocenters. The second-order valence-electron chi connectivity index (χ2n) is 8.59. The van der Waals surface area contributed by atoms with E-state index in [-0.39, 0.29) is 24.4 Å².